The molecule has 9 heteroatoms. The number of nitrogen functional groups attached to an aromatic ring is 1. The maximum Gasteiger partial charge on any atom is 0.223 e. The number of fused-ring (bicyclic) bond motifs is 1. The number of rotatable bonds is 6. The summed E-state index contributed by atoms with van der Waals surface area (Å²) in [7, 11) is 0. The number of carbonyl (C=O) groups excluding carboxylic acids is 1. The number of aromatic nitrogens is 3. The summed E-state index contributed by atoms with van der Waals surface area (Å²) in [5, 5.41) is 0.865. The maximum atomic E-state index is 13.1. The summed E-state index contributed by atoms with van der Waals surface area (Å²) in [6, 6.07) is 11.0. The third-order valence-corrected chi connectivity index (χ3v) is 5.90. The molecule has 3 aromatic rings. The monoisotopic (exact) mass is 524 g/mol. The highest BCUT2D eigenvalue weighted by atomic mass is 127. The Hall–Kier alpha value is -2.01. The molecule has 2 aromatic heterocycles. The Balaban J connectivity index is 1.59. The first kappa shape index (κ1) is 20.3. The lowest BCUT2D eigenvalue weighted by atomic mass is 10.0. The van der Waals surface area contributed by atoms with Crippen molar-refractivity contribution in [2.45, 2.75) is 18.8 Å². The lowest BCUT2D eigenvalue weighted by molar-refractivity contribution is -0.125. The SMILES string of the molecule is C=C1C(COCc2ccccc2)C(OI)C(=O)C1n1ccc2c(Cl)nc(N)nc21. The molecule has 1 aromatic carbocycles. The second-order valence-corrected chi connectivity index (χ2v) is 7.70. The van der Waals surface area contributed by atoms with Crippen LogP contribution in [0.5, 0.6) is 0 Å². The van der Waals surface area contributed by atoms with Crippen LogP contribution in [0.2, 0.25) is 5.15 Å². The van der Waals surface area contributed by atoms with E-state index in [0.717, 1.165) is 5.56 Å². The second-order valence-electron chi connectivity index (χ2n) is 6.83. The highest BCUT2D eigenvalue weighted by molar-refractivity contribution is 14.1. The van der Waals surface area contributed by atoms with Crippen LogP contribution >= 0.6 is 34.6 Å². The third kappa shape index (κ3) is 3.77. The number of ether oxygens (including phenoxy) is 1. The molecule has 2 N–H and O–H groups in total. The standard InChI is InChI=1S/C20H18ClIN4O3/c1-11-14(10-28-9-12-5-3-2-4-6-12)17(29-22)16(27)15(11)26-8-7-13-18(21)24-20(23)25-19(13)26/h2-8,14-15,17H,1,9-10H2,(H2,23,24,25). The smallest absolute Gasteiger partial charge is 0.223 e. The Morgan fingerprint density at radius 2 is 2.00 bits per heavy atom. The van der Waals surface area contributed by atoms with Crippen LogP contribution in [0.3, 0.4) is 0 Å². The zero-order valence-corrected chi connectivity index (χ0v) is 18.2. The molecule has 4 rings (SSSR count). The van der Waals surface area contributed by atoms with Crippen molar-refractivity contribution >= 4 is 57.4 Å². The van der Waals surface area contributed by atoms with Crippen molar-refractivity contribution in [2.75, 3.05) is 12.3 Å². The minimum absolute atomic E-state index is 0.0444. The van der Waals surface area contributed by atoms with Crippen LogP contribution in [0.1, 0.15) is 11.6 Å². The first-order chi connectivity index (χ1) is 14.0. The average molecular weight is 525 g/mol. The summed E-state index contributed by atoms with van der Waals surface area (Å²) in [5.74, 6) is -0.341. The van der Waals surface area contributed by atoms with Gasteiger partial charge in [-0.15, -0.1) is 0 Å². The Bertz CT molecular complexity index is 1070. The number of benzene rings is 1. The number of halogens is 2. The summed E-state index contributed by atoms with van der Waals surface area (Å²) >= 11 is 7.93. The molecule has 1 fully saturated rings. The van der Waals surface area contributed by atoms with Crippen LogP contribution in [0, 0.1) is 5.92 Å². The van der Waals surface area contributed by atoms with Crippen LogP contribution in [0.15, 0.2) is 54.7 Å². The fourth-order valence-corrected chi connectivity index (χ4v) is 4.49. The summed E-state index contributed by atoms with van der Waals surface area (Å²) in [6.07, 6.45) is 1.09. The second kappa shape index (κ2) is 8.39. The van der Waals surface area contributed by atoms with Crippen molar-refractivity contribution in [3.8, 4) is 0 Å². The predicted molar refractivity (Wildman–Crippen MR) is 119 cm³/mol. The molecule has 0 amide bonds. The van der Waals surface area contributed by atoms with Gasteiger partial charge in [-0.25, -0.2) is 4.98 Å². The van der Waals surface area contributed by atoms with Crippen molar-refractivity contribution in [1.29, 1.82) is 0 Å². The van der Waals surface area contributed by atoms with Crippen LogP contribution in [0.4, 0.5) is 5.95 Å². The van der Waals surface area contributed by atoms with Gasteiger partial charge >= 0.3 is 0 Å². The highest BCUT2D eigenvalue weighted by Gasteiger charge is 2.47. The van der Waals surface area contributed by atoms with Crippen LogP contribution in [0.25, 0.3) is 11.0 Å². The number of Topliss-reactive ketones (excluding diaryl/α,β-unsaturated/α-hetero) is 1. The normalized spacial score (nSPS) is 21.9. The van der Waals surface area contributed by atoms with Crippen molar-refractivity contribution in [3.05, 3.63) is 65.5 Å². The van der Waals surface area contributed by atoms with E-state index in [1.807, 2.05) is 30.3 Å². The number of hydrogen-bond acceptors (Lipinski definition) is 6. The zero-order chi connectivity index (χ0) is 20.5. The Morgan fingerprint density at radius 3 is 2.72 bits per heavy atom. The van der Waals surface area contributed by atoms with E-state index >= 15 is 0 Å². The van der Waals surface area contributed by atoms with E-state index < -0.39 is 12.1 Å². The van der Waals surface area contributed by atoms with E-state index in [0.29, 0.717) is 29.8 Å². The van der Waals surface area contributed by atoms with E-state index in [9.17, 15) is 4.79 Å². The number of nitrogens with zero attached hydrogens (tertiary/aromatic N) is 3. The van der Waals surface area contributed by atoms with Crippen molar-refractivity contribution in [1.82, 2.24) is 14.5 Å². The molecule has 3 atom stereocenters. The molecular formula is C20H18ClIN4O3. The van der Waals surface area contributed by atoms with Crippen LogP contribution in [-0.4, -0.2) is 33.0 Å². The number of hydrogen-bond donors (Lipinski definition) is 1. The molecule has 1 aliphatic rings. The van der Waals surface area contributed by atoms with Crippen LogP contribution in [-0.2, 0) is 19.2 Å². The molecule has 0 saturated heterocycles. The summed E-state index contributed by atoms with van der Waals surface area (Å²) in [6.45, 7) is 4.95. The predicted octanol–water partition coefficient (Wildman–Crippen LogP) is 3.92. The first-order valence-corrected chi connectivity index (χ1v) is 10.2. The van der Waals surface area contributed by atoms with Gasteiger partial charge in [0.1, 0.15) is 46.0 Å². The maximum absolute atomic E-state index is 13.1. The molecule has 2 heterocycles. The largest absolute Gasteiger partial charge is 0.376 e. The van der Waals surface area contributed by atoms with Gasteiger partial charge in [0.15, 0.2) is 5.78 Å². The van der Waals surface area contributed by atoms with E-state index in [4.69, 9.17) is 25.1 Å². The topological polar surface area (TPSA) is 92.3 Å². The molecule has 7 nitrogen and oxygen atoms in total. The number of nitrogens with two attached hydrogens (primary N) is 1. The number of carbonyl (C=O) groups is 1. The van der Waals surface area contributed by atoms with Gasteiger partial charge in [-0.3, -0.25) is 4.79 Å². The molecule has 0 aliphatic heterocycles. The van der Waals surface area contributed by atoms with Crippen LogP contribution < -0.4 is 5.73 Å². The van der Waals surface area contributed by atoms with Gasteiger partial charge < -0.3 is 18.1 Å². The van der Waals surface area contributed by atoms with Crippen molar-refractivity contribution in [2.24, 2.45) is 5.92 Å². The molecular weight excluding hydrogens is 507 g/mol. The lowest BCUT2D eigenvalue weighted by Gasteiger charge is -2.17. The molecule has 1 saturated carbocycles. The van der Waals surface area contributed by atoms with Gasteiger partial charge in [0, 0.05) is 12.1 Å². The average Bonchev–Trinajstić information content (AvgIpc) is 3.21. The zero-order valence-electron chi connectivity index (χ0n) is 15.3. The Morgan fingerprint density at radius 1 is 1.24 bits per heavy atom. The van der Waals surface area contributed by atoms with Gasteiger partial charge in [0.05, 0.1) is 18.6 Å². The van der Waals surface area contributed by atoms with Gasteiger partial charge in [0.25, 0.3) is 0 Å². The first-order valence-electron chi connectivity index (χ1n) is 8.92. The molecule has 1 aliphatic carbocycles. The van der Waals surface area contributed by atoms with E-state index in [-0.39, 0.29) is 22.8 Å². The lowest BCUT2D eigenvalue weighted by Crippen LogP contribution is -2.27. The fraction of sp³-hybridized carbons (Fsp3) is 0.250. The van der Waals surface area contributed by atoms with Gasteiger partial charge in [0.2, 0.25) is 5.95 Å². The molecule has 29 heavy (non-hydrogen) atoms. The summed E-state index contributed by atoms with van der Waals surface area (Å²) < 4.78 is 13.1. The summed E-state index contributed by atoms with van der Waals surface area (Å²) in [5.41, 5.74) is 8.00. The Labute approximate surface area is 186 Å². The molecule has 0 radical (unpaired) electrons. The number of ketones is 1. The molecule has 0 bridgehead atoms. The third-order valence-electron chi connectivity index (χ3n) is 5.07. The molecule has 3 unspecified atom stereocenters. The van der Waals surface area contributed by atoms with Gasteiger partial charge in [-0.2, -0.15) is 4.98 Å². The fourth-order valence-electron chi connectivity index (χ4n) is 3.65. The quantitative estimate of drug-likeness (QED) is 0.299. The molecule has 150 valence electrons. The van der Waals surface area contributed by atoms with Crippen molar-refractivity contribution < 1.29 is 12.6 Å². The minimum Gasteiger partial charge on any atom is -0.376 e. The Kier molecular flexibility index (Phi) is 5.86. The van der Waals surface area contributed by atoms with Gasteiger partial charge in [-0.1, -0.05) is 48.5 Å². The summed E-state index contributed by atoms with van der Waals surface area (Å²) in [4.78, 5) is 21.4. The highest BCUT2D eigenvalue weighted by Crippen LogP contribution is 2.41. The van der Waals surface area contributed by atoms with Gasteiger partial charge in [-0.05, 0) is 17.2 Å². The van der Waals surface area contributed by atoms with Crippen molar-refractivity contribution in [3.63, 3.8) is 0 Å². The number of anilines is 1. The van der Waals surface area contributed by atoms with E-state index in [2.05, 4.69) is 16.5 Å². The molecule has 0 spiro atoms. The van der Waals surface area contributed by atoms with E-state index in [1.54, 1.807) is 39.8 Å². The van der Waals surface area contributed by atoms with E-state index in [1.165, 1.54) is 0 Å². The minimum atomic E-state index is -0.657.